The molecule has 0 atom stereocenters. The van der Waals surface area contributed by atoms with Crippen LogP contribution in [0.3, 0.4) is 0 Å². The normalized spacial score (nSPS) is 12.0. The van der Waals surface area contributed by atoms with E-state index in [1.807, 2.05) is 54.6 Å². The van der Waals surface area contributed by atoms with E-state index < -0.39 is 0 Å². The van der Waals surface area contributed by atoms with Crippen molar-refractivity contribution in [1.82, 2.24) is 9.97 Å². The summed E-state index contributed by atoms with van der Waals surface area (Å²) in [4.78, 5) is 22.6. The van der Waals surface area contributed by atoms with Crippen molar-refractivity contribution in [2.75, 3.05) is 5.32 Å². The van der Waals surface area contributed by atoms with Gasteiger partial charge >= 0.3 is 0 Å². The van der Waals surface area contributed by atoms with E-state index >= 15 is 0 Å². The monoisotopic (exact) mass is 407 g/mol. The number of aromatic hydroxyl groups is 1. The van der Waals surface area contributed by atoms with Crippen LogP contribution in [-0.4, -0.2) is 21.0 Å². The van der Waals surface area contributed by atoms with E-state index in [9.17, 15) is 9.90 Å². The van der Waals surface area contributed by atoms with E-state index in [1.165, 1.54) is 0 Å². The maximum atomic E-state index is 12.8. The van der Waals surface area contributed by atoms with Crippen molar-refractivity contribution < 1.29 is 9.90 Å². The second-order valence-electron chi connectivity index (χ2n) is 7.64. The molecule has 2 N–H and O–H groups in total. The Morgan fingerprint density at radius 1 is 0.903 bits per heavy atom. The van der Waals surface area contributed by atoms with E-state index in [0.717, 1.165) is 40.2 Å². The standard InChI is InChI=1S/C26H21N3O2/c30-20-12-13-21-19(16-20)11-14-22-24(21)27-23(15-17-7-3-1-4-8-17)25(28-22)29-26(31)18-9-5-2-6-10-18/h1-10,12-13,16,30H,11,14-15H2,(H,28,29,31). The second kappa shape index (κ2) is 8.03. The lowest BCUT2D eigenvalue weighted by Gasteiger charge is -2.21. The van der Waals surface area contributed by atoms with Crippen molar-refractivity contribution in [3.63, 3.8) is 0 Å². The van der Waals surface area contributed by atoms with Gasteiger partial charge in [-0.25, -0.2) is 9.97 Å². The van der Waals surface area contributed by atoms with Crippen molar-refractivity contribution in [2.24, 2.45) is 0 Å². The number of benzene rings is 3. The van der Waals surface area contributed by atoms with Crippen LogP contribution in [0, 0.1) is 0 Å². The fourth-order valence-corrected chi connectivity index (χ4v) is 3.95. The second-order valence-corrected chi connectivity index (χ2v) is 7.64. The quantitative estimate of drug-likeness (QED) is 0.510. The molecule has 0 bridgehead atoms. The van der Waals surface area contributed by atoms with Gasteiger partial charge < -0.3 is 10.4 Å². The third kappa shape index (κ3) is 3.90. The van der Waals surface area contributed by atoms with Crippen molar-refractivity contribution >= 4 is 11.7 Å². The van der Waals surface area contributed by atoms with Crippen LogP contribution in [-0.2, 0) is 19.3 Å². The molecule has 1 amide bonds. The first kappa shape index (κ1) is 19.0. The Kier molecular flexibility index (Phi) is 4.92. The van der Waals surface area contributed by atoms with Gasteiger partial charge in [-0.05, 0) is 54.3 Å². The van der Waals surface area contributed by atoms with Gasteiger partial charge in [0.1, 0.15) is 5.75 Å². The number of carbonyl (C=O) groups is 1. The van der Waals surface area contributed by atoms with Crippen LogP contribution < -0.4 is 5.32 Å². The number of hydrogen-bond donors (Lipinski definition) is 2. The molecule has 1 aromatic heterocycles. The largest absolute Gasteiger partial charge is 0.508 e. The highest BCUT2D eigenvalue weighted by molar-refractivity contribution is 6.04. The van der Waals surface area contributed by atoms with Crippen LogP contribution in [0.4, 0.5) is 5.82 Å². The van der Waals surface area contributed by atoms with Crippen LogP contribution in [0.1, 0.15) is 32.9 Å². The number of phenols is 1. The number of carbonyl (C=O) groups excluding carboxylic acids is 1. The van der Waals surface area contributed by atoms with Crippen LogP contribution in [0.25, 0.3) is 11.3 Å². The number of amides is 1. The molecule has 1 aliphatic rings. The molecule has 4 aromatic rings. The average Bonchev–Trinajstić information content (AvgIpc) is 2.80. The third-order valence-electron chi connectivity index (χ3n) is 5.50. The maximum Gasteiger partial charge on any atom is 0.256 e. The number of nitrogens with one attached hydrogen (secondary N) is 1. The molecule has 0 unspecified atom stereocenters. The zero-order valence-electron chi connectivity index (χ0n) is 16.9. The Morgan fingerprint density at radius 2 is 1.65 bits per heavy atom. The first-order valence-electron chi connectivity index (χ1n) is 10.3. The molecule has 5 nitrogen and oxygen atoms in total. The minimum atomic E-state index is -0.203. The third-order valence-corrected chi connectivity index (χ3v) is 5.50. The molecule has 1 heterocycles. The van der Waals surface area contributed by atoms with E-state index in [0.29, 0.717) is 24.2 Å². The van der Waals surface area contributed by atoms with Gasteiger partial charge in [-0.2, -0.15) is 0 Å². The van der Waals surface area contributed by atoms with E-state index in [1.54, 1.807) is 24.3 Å². The number of hydrogen-bond acceptors (Lipinski definition) is 4. The number of aromatic nitrogens is 2. The summed E-state index contributed by atoms with van der Waals surface area (Å²) in [6, 6.07) is 24.5. The molecule has 0 spiro atoms. The van der Waals surface area contributed by atoms with Crippen molar-refractivity contribution in [3.05, 3.63) is 107 Å². The zero-order chi connectivity index (χ0) is 21.2. The highest BCUT2D eigenvalue weighted by Crippen LogP contribution is 2.35. The summed E-state index contributed by atoms with van der Waals surface area (Å²) in [7, 11) is 0. The lowest BCUT2D eigenvalue weighted by atomic mass is 9.91. The highest BCUT2D eigenvalue weighted by Gasteiger charge is 2.23. The predicted octanol–water partition coefficient (Wildman–Crippen LogP) is 4.79. The van der Waals surface area contributed by atoms with Crippen molar-refractivity contribution in [2.45, 2.75) is 19.3 Å². The van der Waals surface area contributed by atoms with Gasteiger partial charge in [0.25, 0.3) is 5.91 Å². The summed E-state index contributed by atoms with van der Waals surface area (Å²) < 4.78 is 0. The molecule has 0 radical (unpaired) electrons. The van der Waals surface area contributed by atoms with Gasteiger partial charge in [-0.3, -0.25) is 4.79 Å². The smallest absolute Gasteiger partial charge is 0.256 e. The first-order chi connectivity index (χ1) is 15.2. The highest BCUT2D eigenvalue weighted by atomic mass is 16.3. The summed E-state index contributed by atoms with van der Waals surface area (Å²) >= 11 is 0. The fraction of sp³-hybridized carbons (Fsp3) is 0.115. The molecule has 0 aliphatic heterocycles. The van der Waals surface area contributed by atoms with Crippen LogP contribution in [0.2, 0.25) is 0 Å². The van der Waals surface area contributed by atoms with Crippen molar-refractivity contribution in [1.29, 1.82) is 0 Å². The van der Waals surface area contributed by atoms with E-state index in [-0.39, 0.29) is 11.7 Å². The molecule has 152 valence electrons. The summed E-state index contributed by atoms with van der Waals surface area (Å²) in [5.74, 6) is 0.551. The molecule has 5 rings (SSSR count). The summed E-state index contributed by atoms with van der Waals surface area (Å²) in [6.07, 6.45) is 2.03. The molecular formula is C26H21N3O2. The fourth-order valence-electron chi connectivity index (χ4n) is 3.95. The average molecular weight is 407 g/mol. The van der Waals surface area contributed by atoms with Gasteiger partial charge in [0, 0.05) is 17.5 Å². The number of nitrogens with zero attached hydrogens (tertiary/aromatic N) is 2. The van der Waals surface area contributed by atoms with Gasteiger partial charge in [-0.15, -0.1) is 0 Å². The molecule has 1 aliphatic carbocycles. The van der Waals surface area contributed by atoms with Gasteiger partial charge in [0.15, 0.2) is 5.82 Å². The van der Waals surface area contributed by atoms with Crippen LogP contribution in [0.5, 0.6) is 5.75 Å². The first-order valence-corrected chi connectivity index (χ1v) is 10.3. The number of anilines is 1. The number of phenolic OH excluding ortho intramolecular Hbond substituents is 1. The Balaban J connectivity index is 1.58. The lowest BCUT2D eigenvalue weighted by molar-refractivity contribution is 0.102. The summed E-state index contributed by atoms with van der Waals surface area (Å²) in [5.41, 5.74) is 6.12. The Morgan fingerprint density at radius 3 is 2.42 bits per heavy atom. The minimum Gasteiger partial charge on any atom is -0.508 e. The molecule has 0 saturated heterocycles. The summed E-state index contributed by atoms with van der Waals surface area (Å²) in [6.45, 7) is 0. The molecule has 5 heteroatoms. The Hall–Kier alpha value is -3.99. The van der Waals surface area contributed by atoms with Gasteiger partial charge in [0.2, 0.25) is 0 Å². The van der Waals surface area contributed by atoms with Crippen LogP contribution in [0.15, 0.2) is 78.9 Å². The van der Waals surface area contributed by atoms with Crippen molar-refractivity contribution in [3.8, 4) is 17.0 Å². The molecule has 0 saturated carbocycles. The predicted molar refractivity (Wildman–Crippen MR) is 120 cm³/mol. The van der Waals surface area contributed by atoms with E-state index in [2.05, 4.69) is 5.32 Å². The van der Waals surface area contributed by atoms with Crippen LogP contribution >= 0.6 is 0 Å². The van der Waals surface area contributed by atoms with E-state index in [4.69, 9.17) is 9.97 Å². The number of rotatable bonds is 4. The molecule has 31 heavy (non-hydrogen) atoms. The number of aryl methyl sites for hydroxylation is 2. The molecule has 0 fully saturated rings. The minimum absolute atomic E-state index is 0.203. The summed E-state index contributed by atoms with van der Waals surface area (Å²) in [5, 5.41) is 12.8. The lowest BCUT2D eigenvalue weighted by Crippen LogP contribution is -2.18. The maximum absolute atomic E-state index is 12.8. The van der Waals surface area contributed by atoms with Gasteiger partial charge in [-0.1, -0.05) is 48.5 Å². The Labute approximate surface area is 180 Å². The number of fused-ring (bicyclic) bond motifs is 3. The molecule has 3 aromatic carbocycles. The topological polar surface area (TPSA) is 75.1 Å². The Bertz CT molecular complexity index is 1250. The zero-order valence-corrected chi connectivity index (χ0v) is 16.9. The van der Waals surface area contributed by atoms with Gasteiger partial charge in [0.05, 0.1) is 17.1 Å². The SMILES string of the molecule is O=C(Nc1nc2c(nc1Cc1ccccc1)-c1ccc(O)cc1CC2)c1ccccc1. The molecular weight excluding hydrogens is 386 g/mol.